The van der Waals surface area contributed by atoms with E-state index in [0.29, 0.717) is 0 Å². The molecule has 0 amide bonds. The smallest absolute Gasteiger partial charge is 0.172 e. The maximum absolute atomic E-state index is 2.62. The number of fused-ring (bicyclic) bond motifs is 2. The van der Waals surface area contributed by atoms with Crippen LogP contribution in [0.1, 0.15) is 5.56 Å². The predicted octanol–water partition coefficient (Wildman–Crippen LogP) is 11.9. The Balaban J connectivity index is 1.23. The molecule has 9 rings (SSSR count). The number of hydrogen-bond acceptors (Lipinski definition) is 1. The van der Waals surface area contributed by atoms with E-state index in [1.54, 1.807) is 0 Å². The summed E-state index contributed by atoms with van der Waals surface area (Å²) in [6.07, 6.45) is 2.44. The van der Waals surface area contributed by atoms with Gasteiger partial charge in [-0.05, 0) is 90.2 Å². The molecule has 0 saturated heterocycles. The highest BCUT2D eigenvalue weighted by molar-refractivity contribution is 7.15. The molecular formula is C52H39NSi. The molecule has 0 unspecified atom stereocenters. The van der Waals surface area contributed by atoms with Crippen molar-refractivity contribution in [2.75, 3.05) is 4.90 Å². The Morgan fingerprint density at radius 3 is 1.06 bits per heavy atom. The number of rotatable bonds is 9. The van der Waals surface area contributed by atoms with Gasteiger partial charge in [-0.3, -0.25) is 0 Å². The number of hydrogen-bond donors (Lipinski definition) is 0. The molecule has 0 radical (unpaired) electrons. The van der Waals surface area contributed by atoms with Gasteiger partial charge in [0.15, 0.2) is 8.07 Å². The van der Waals surface area contributed by atoms with Gasteiger partial charge in [-0.25, -0.2) is 0 Å². The van der Waals surface area contributed by atoms with Crippen LogP contribution in [0.25, 0.3) is 38.7 Å². The van der Waals surface area contributed by atoms with Gasteiger partial charge in [0.1, 0.15) is 0 Å². The maximum atomic E-state index is 2.57. The normalized spacial score (nSPS) is 11.6. The molecule has 0 bridgehead atoms. The lowest BCUT2D eigenvalue weighted by molar-refractivity contribution is 1.28. The third-order valence-corrected chi connectivity index (χ3v) is 15.0. The van der Waals surface area contributed by atoms with Gasteiger partial charge < -0.3 is 4.90 Å². The van der Waals surface area contributed by atoms with Gasteiger partial charge in [-0.2, -0.15) is 0 Å². The molecule has 0 aliphatic rings. The molecule has 9 aromatic rings. The molecule has 1 nitrogen and oxygen atoms in total. The van der Waals surface area contributed by atoms with Crippen molar-refractivity contribution in [3.05, 3.63) is 236 Å². The van der Waals surface area contributed by atoms with Crippen molar-refractivity contribution in [3.8, 4) is 11.1 Å². The second-order valence-electron chi connectivity index (χ2n) is 13.7. The van der Waals surface area contributed by atoms with E-state index in [0.717, 1.165) is 17.1 Å². The molecule has 0 fully saturated rings. The third-order valence-electron chi connectivity index (χ3n) is 10.6. The van der Waals surface area contributed by atoms with E-state index in [9.17, 15) is 0 Å². The van der Waals surface area contributed by atoms with Crippen molar-refractivity contribution in [1.29, 1.82) is 0 Å². The maximum Gasteiger partial charge on any atom is 0.172 e. The number of benzene rings is 9. The largest absolute Gasteiger partial charge is 0.311 e. The fourth-order valence-corrected chi connectivity index (χ4v) is 12.3. The average molecular weight is 706 g/mol. The SMILES string of the molecule is C(=C\[Si](c1ccccc1)(c1ccccc1)c1ccccc1)/c1c2ccccc2c(-c2ccc(N(c3ccccc3)c3ccccc3)cc2)c2ccccc12. The lowest BCUT2D eigenvalue weighted by atomic mass is 9.88. The van der Waals surface area contributed by atoms with Crippen LogP contribution in [0, 0.1) is 0 Å². The molecule has 54 heavy (non-hydrogen) atoms. The van der Waals surface area contributed by atoms with E-state index in [1.807, 2.05) is 0 Å². The van der Waals surface area contributed by atoms with Gasteiger partial charge in [-0.15, -0.1) is 0 Å². The monoisotopic (exact) mass is 705 g/mol. The standard InChI is InChI=1S/C52H39NSi/c1-6-20-41(21-7-1)53(42-22-8-2-9-23-42)43-36-34-40(35-37-43)52-50-32-18-16-30-47(50)49(48-31-17-19-33-51(48)52)38-39-54(44-24-10-3-11-25-44,45-26-12-4-13-27-45)46-28-14-5-15-29-46/h1-39H/b39-38+. The van der Waals surface area contributed by atoms with Crippen molar-refractivity contribution in [2.45, 2.75) is 0 Å². The highest BCUT2D eigenvalue weighted by Crippen LogP contribution is 2.42. The predicted molar refractivity (Wildman–Crippen MR) is 235 cm³/mol. The minimum absolute atomic E-state index is 1.12. The Labute approximate surface area is 318 Å². The van der Waals surface area contributed by atoms with Crippen LogP contribution >= 0.6 is 0 Å². The summed E-state index contributed by atoms with van der Waals surface area (Å²) >= 11 is 0. The third kappa shape index (κ3) is 6.03. The Morgan fingerprint density at radius 1 is 0.315 bits per heavy atom. The zero-order valence-electron chi connectivity index (χ0n) is 30.0. The van der Waals surface area contributed by atoms with Crippen molar-refractivity contribution < 1.29 is 0 Å². The molecule has 256 valence electrons. The van der Waals surface area contributed by atoms with Crippen LogP contribution in [-0.2, 0) is 0 Å². The summed E-state index contributed by atoms with van der Waals surface area (Å²) in [5.74, 6) is 0. The summed E-state index contributed by atoms with van der Waals surface area (Å²) in [6, 6.07) is 81.5. The quantitative estimate of drug-likeness (QED) is 0.0821. The van der Waals surface area contributed by atoms with E-state index in [1.165, 1.54) is 53.8 Å². The van der Waals surface area contributed by atoms with Gasteiger partial charge in [-0.1, -0.05) is 200 Å². The van der Waals surface area contributed by atoms with Gasteiger partial charge in [0.2, 0.25) is 0 Å². The molecule has 0 aliphatic carbocycles. The lowest BCUT2D eigenvalue weighted by Gasteiger charge is -2.31. The van der Waals surface area contributed by atoms with Crippen LogP contribution < -0.4 is 20.5 Å². The van der Waals surface area contributed by atoms with Crippen molar-refractivity contribution >= 4 is 68.3 Å². The van der Waals surface area contributed by atoms with Gasteiger partial charge in [0, 0.05) is 17.1 Å². The van der Waals surface area contributed by atoms with Crippen LogP contribution in [-0.4, -0.2) is 8.07 Å². The van der Waals surface area contributed by atoms with E-state index in [2.05, 4.69) is 241 Å². The molecule has 0 N–H and O–H groups in total. The fourth-order valence-electron chi connectivity index (χ4n) is 8.13. The van der Waals surface area contributed by atoms with E-state index in [4.69, 9.17) is 0 Å². The Bertz CT molecular complexity index is 2480. The zero-order valence-corrected chi connectivity index (χ0v) is 31.0. The van der Waals surface area contributed by atoms with Crippen LogP contribution in [0.3, 0.4) is 0 Å². The Hall–Kier alpha value is -6.74. The first-order valence-corrected chi connectivity index (χ1v) is 20.7. The van der Waals surface area contributed by atoms with Crippen LogP contribution in [0.15, 0.2) is 230 Å². The first-order valence-electron chi connectivity index (χ1n) is 18.6. The molecule has 9 aromatic carbocycles. The number of nitrogens with zero attached hydrogens (tertiary/aromatic N) is 1. The van der Waals surface area contributed by atoms with Gasteiger partial charge >= 0.3 is 0 Å². The second-order valence-corrected chi connectivity index (χ2v) is 17.4. The van der Waals surface area contributed by atoms with E-state index < -0.39 is 8.07 Å². The van der Waals surface area contributed by atoms with Crippen LogP contribution in [0.5, 0.6) is 0 Å². The number of anilines is 3. The summed E-state index contributed by atoms with van der Waals surface area (Å²) in [7, 11) is -2.62. The first kappa shape index (κ1) is 33.1. The summed E-state index contributed by atoms with van der Waals surface area (Å²) in [5, 5.41) is 9.09. The van der Waals surface area contributed by atoms with Crippen LogP contribution in [0.4, 0.5) is 17.1 Å². The molecule has 0 saturated carbocycles. The summed E-state index contributed by atoms with van der Waals surface area (Å²) in [4.78, 5) is 2.32. The second kappa shape index (κ2) is 14.7. The Kier molecular flexibility index (Phi) is 9.02. The lowest BCUT2D eigenvalue weighted by Crippen LogP contribution is -2.66. The summed E-state index contributed by atoms with van der Waals surface area (Å²) in [5.41, 5.74) is 9.65. The highest BCUT2D eigenvalue weighted by atomic mass is 28.3. The van der Waals surface area contributed by atoms with Crippen molar-refractivity contribution in [2.24, 2.45) is 0 Å². The van der Waals surface area contributed by atoms with Crippen molar-refractivity contribution in [1.82, 2.24) is 0 Å². The van der Waals surface area contributed by atoms with E-state index >= 15 is 0 Å². The first-order chi connectivity index (χ1) is 26.8. The van der Waals surface area contributed by atoms with Gasteiger partial charge in [0.05, 0.1) is 0 Å². The highest BCUT2D eigenvalue weighted by Gasteiger charge is 2.37. The average Bonchev–Trinajstić information content (AvgIpc) is 3.26. The summed E-state index contributed by atoms with van der Waals surface area (Å²) in [6.45, 7) is 0. The molecule has 0 atom stereocenters. The minimum Gasteiger partial charge on any atom is -0.311 e. The van der Waals surface area contributed by atoms with E-state index in [-0.39, 0.29) is 0 Å². The molecule has 0 heterocycles. The molecule has 0 spiro atoms. The molecular weight excluding hydrogens is 667 g/mol. The molecule has 2 heteroatoms. The Morgan fingerprint density at radius 2 is 0.648 bits per heavy atom. The summed E-state index contributed by atoms with van der Waals surface area (Å²) < 4.78 is 0. The number of para-hydroxylation sites is 2. The molecule has 0 aromatic heterocycles. The van der Waals surface area contributed by atoms with Crippen molar-refractivity contribution in [3.63, 3.8) is 0 Å². The molecule has 0 aliphatic heterocycles. The van der Waals surface area contributed by atoms with Crippen LogP contribution in [0.2, 0.25) is 0 Å². The zero-order chi connectivity index (χ0) is 36.2. The van der Waals surface area contributed by atoms with Gasteiger partial charge in [0.25, 0.3) is 0 Å². The topological polar surface area (TPSA) is 3.24 Å². The minimum atomic E-state index is -2.62. The fraction of sp³-hybridized carbons (Fsp3) is 0.